The summed E-state index contributed by atoms with van der Waals surface area (Å²) in [5.41, 5.74) is 0. The van der Waals surface area contributed by atoms with Crippen LogP contribution in [0.5, 0.6) is 0 Å². The molecule has 0 radical (unpaired) electrons. The van der Waals surface area contributed by atoms with Crippen molar-refractivity contribution in [2.24, 2.45) is 0 Å². The highest BCUT2D eigenvalue weighted by molar-refractivity contribution is 4.88. The molecule has 0 saturated carbocycles. The van der Waals surface area contributed by atoms with Crippen LogP contribution < -0.4 is 0 Å². The van der Waals surface area contributed by atoms with Crippen molar-refractivity contribution >= 4 is 0 Å². The van der Waals surface area contributed by atoms with Crippen molar-refractivity contribution in [3.63, 3.8) is 0 Å². The van der Waals surface area contributed by atoms with Crippen molar-refractivity contribution in [3.8, 4) is 0 Å². The molecule has 2 N–H and O–H groups in total. The predicted molar refractivity (Wildman–Crippen MR) is 40.0 cm³/mol. The van der Waals surface area contributed by atoms with Gasteiger partial charge < -0.3 is 10.2 Å². The van der Waals surface area contributed by atoms with Crippen molar-refractivity contribution in [1.82, 2.24) is 9.80 Å². The molecule has 3 heterocycles. The lowest BCUT2D eigenvalue weighted by atomic mass is 10.1. The minimum absolute atomic E-state index is 0.0440. The summed E-state index contributed by atoms with van der Waals surface area (Å²) in [5, 5.41) is 18.0. The van der Waals surface area contributed by atoms with E-state index in [4.69, 9.17) is 10.2 Å². The highest BCUT2D eigenvalue weighted by atomic mass is 16.5. The largest absolute Gasteiger partial charge is 0.367 e. The van der Waals surface area contributed by atoms with E-state index in [0.29, 0.717) is 0 Å². The molecule has 0 amide bonds. The number of hydrogen-bond donors (Lipinski definition) is 2. The zero-order chi connectivity index (χ0) is 7.84. The molecule has 11 heavy (non-hydrogen) atoms. The molecule has 64 valence electrons. The van der Waals surface area contributed by atoms with Crippen molar-refractivity contribution in [3.05, 3.63) is 0 Å². The molecule has 4 heteroatoms. The van der Waals surface area contributed by atoms with Crippen molar-refractivity contribution in [1.29, 1.82) is 0 Å². The smallest absolute Gasteiger partial charge is 0.168 e. The molecule has 4 nitrogen and oxygen atoms in total. The number of rotatable bonds is 1. The van der Waals surface area contributed by atoms with Gasteiger partial charge >= 0.3 is 0 Å². The van der Waals surface area contributed by atoms with Crippen LogP contribution in [0.4, 0.5) is 0 Å². The van der Waals surface area contributed by atoms with Crippen LogP contribution in [0.3, 0.4) is 0 Å². The summed E-state index contributed by atoms with van der Waals surface area (Å²) >= 11 is 0. The molecule has 0 aliphatic carbocycles. The van der Waals surface area contributed by atoms with E-state index in [1.807, 2.05) is 0 Å². The number of hydrogen-bond acceptors (Lipinski definition) is 4. The van der Waals surface area contributed by atoms with E-state index in [-0.39, 0.29) is 6.04 Å². The van der Waals surface area contributed by atoms with Gasteiger partial charge in [-0.25, -0.2) is 0 Å². The first-order valence-electron chi connectivity index (χ1n) is 4.10. The van der Waals surface area contributed by atoms with E-state index in [9.17, 15) is 0 Å². The van der Waals surface area contributed by atoms with Crippen molar-refractivity contribution in [2.75, 3.05) is 32.7 Å². The summed E-state index contributed by atoms with van der Waals surface area (Å²) in [6.45, 7) is 4.97. The molecule has 1 atom stereocenters. The first kappa shape index (κ1) is 7.49. The molecule has 3 rings (SSSR count). The number of piperazine rings is 3. The Bertz CT molecular complexity index is 143. The number of aliphatic hydroxyl groups excluding tert-OH is 1. The third kappa shape index (κ3) is 1.27. The van der Waals surface area contributed by atoms with Gasteiger partial charge in [0.05, 0.1) is 6.04 Å². The third-order valence-corrected chi connectivity index (χ3v) is 2.67. The number of aliphatic hydroxyl groups is 2. The fourth-order valence-electron chi connectivity index (χ4n) is 1.94. The Morgan fingerprint density at radius 1 is 1.09 bits per heavy atom. The highest BCUT2D eigenvalue weighted by Crippen LogP contribution is 2.16. The highest BCUT2D eigenvalue weighted by Gasteiger charge is 2.35. The molecule has 0 spiro atoms. The number of nitrogens with zero attached hydrogens (tertiary/aromatic N) is 2. The second-order valence-electron chi connectivity index (χ2n) is 3.32. The fourth-order valence-corrected chi connectivity index (χ4v) is 1.94. The SMILES string of the molecule is OC(O)C1CN2CCN1CC2. The van der Waals surface area contributed by atoms with E-state index in [0.717, 1.165) is 32.7 Å². The van der Waals surface area contributed by atoms with Crippen molar-refractivity contribution < 1.29 is 10.2 Å². The van der Waals surface area contributed by atoms with Gasteiger partial charge in [-0.05, 0) is 0 Å². The van der Waals surface area contributed by atoms with E-state index in [1.165, 1.54) is 0 Å². The van der Waals surface area contributed by atoms with Crippen LogP contribution in [-0.4, -0.2) is 65.1 Å². The van der Waals surface area contributed by atoms with Gasteiger partial charge in [0.15, 0.2) is 6.29 Å². The summed E-state index contributed by atoms with van der Waals surface area (Å²) in [4.78, 5) is 4.44. The van der Waals surface area contributed by atoms with E-state index in [1.54, 1.807) is 0 Å². The molecule has 3 fully saturated rings. The topological polar surface area (TPSA) is 46.9 Å². The standard InChI is InChI=1S/C7H14N2O2/c10-7(11)6-5-8-1-3-9(6)4-2-8/h6-7,10-11H,1-5H2. The summed E-state index contributed by atoms with van der Waals surface area (Å²) in [5.74, 6) is 0. The maximum atomic E-state index is 8.99. The molecule has 0 aromatic heterocycles. The summed E-state index contributed by atoms with van der Waals surface area (Å²) in [6, 6.07) is -0.0440. The normalized spacial score (nSPS) is 43.4. The molecular formula is C7H14N2O2. The van der Waals surface area contributed by atoms with Gasteiger partial charge in [-0.2, -0.15) is 0 Å². The first-order chi connectivity index (χ1) is 5.27. The van der Waals surface area contributed by atoms with Crippen LogP contribution in [0, 0.1) is 0 Å². The lowest BCUT2D eigenvalue weighted by Crippen LogP contribution is -2.64. The van der Waals surface area contributed by atoms with Gasteiger partial charge in [0, 0.05) is 32.7 Å². The minimum Gasteiger partial charge on any atom is -0.367 e. The van der Waals surface area contributed by atoms with E-state index >= 15 is 0 Å². The maximum absolute atomic E-state index is 8.99. The second kappa shape index (κ2) is 2.71. The average Bonchev–Trinajstić information content (AvgIpc) is 2.06. The van der Waals surface area contributed by atoms with Crippen LogP contribution in [0.25, 0.3) is 0 Å². The van der Waals surface area contributed by atoms with Gasteiger partial charge in [0.2, 0.25) is 0 Å². The Hall–Kier alpha value is -0.160. The molecule has 0 aromatic carbocycles. The Balaban J connectivity index is 2.03. The van der Waals surface area contributed by atoms with E-state index in [2.05, 4.69) is 9.80 Å². The Morgan fingerprint density at radius 3 is 2.00 bits per heavy atom. The molecule has 1 unspecified atom stereocenters. The predicted octanol–water partition coefficient (Wildman–Crippen LogP) is -1.70. The van der Waals surface area contributed by atoms with Crippen LogP contribution in [-0.2, 0) is 0 Å². The van der Waals surface area contributed by atoms with Crippen LogP contribution in [0.15, 0.2) is 0 Å². The Kier molecular flexibility index (Phi) is 1.85. The van der Waals surface area contributed by atoms with E-state index < -0.39 is 6.29 Å². The summed E-state index contributed by atoms with van der Waals surface area (Å²) in [6.07, 6.45) is -1.17. The number of fused-ring (bicyclic) bond motifs is 3. The third-order valence-electron chi connectivity index (χ3n) is 2.67. The lowest BCUT2D eigenvalue weighted by Gasteiger charge is -2.47. The molecule has 3 aliphatic heterocycles. The Labute approximate surface area is 66.0 Å². The van der Waals surface area contributed by atoms with Gasteiger partial charge in [-0.3, -0.25) is 9.80 Å². The fraction of sp³-hybridized carbons (Fsp3) is 1.00. The first-order valence-corrected chi connectivity index (χ1v) is 4.10. The molecule has 0 aromatic rings. The molecule has 3 saturated heterocycles. The lowest BCUT2D eigenvalue weighted by molar-refractivity contribution is -0.137. The van der Waals surface area contributed by atoms with Crippen LogP contribution >= 0.6 is 0 Å². The van der Waals surface area contributed by atoms with Crippen LogP contribution in [0.1, 0.15) is 0 Å². The summed E-state index contributed by atoms with van der Waals surface area (Å²) < 4.78 is 0. The quantitative estimate of drug-likeness (QED) is 0.446. The van der Waals surface area contributed by atoms with Gasteiger partial charge in [-0.15, -0.1) is 0 Å². The van der Waals surface area contributed by atoms with Gasteiger partial charge in [0.1, 0.15) is 0 Å². The van der Waals surface area contributed by atoms with Crippen LogP contribution in [0.2, 0.25) is 0 Å². The zero-order valence-corrected chi connectivity index (χ0v) is 6.48. The zero-order valence-electron chi connectivity index (χ0n) is 6.48. The second-order valence-corrected chi connectivity index (χ2v) is 3.32. The monoisotopic (exact) mass is 158 g/mol. The molecular weight excluding hydrogens is 144 g/mol. The average molecular weight is 158 g/mol. The van der Waals surface area contributed by atoms with Gasteiger partial charge in [-0.1, -0.05) is 0 Å². The van der Waals surface area contributed by atoms with Crippen molar-refractivity contribution in [2.45, 2.75) is 12.3 Å². The van der Waals surface area contributed by atoms with Gasteiger partial charge in [0.25, 0.3) is 0 Å². The molecule has 2 bridgehead atoms. The maximum Gasteiger partial charge on any atom is 0.168 e. The minimum atomic E-state index is -1.17. The molecule has 3 aliphatic rings. The Morgan fingerprint density at radius 2 is 1.73 bits per heavy atom. The summed E-state index contributed by atoms with van der Waals surface area (Å²) in [7, 11) is 0.